The van der Waals surface area contributed by atoms with E-state index in [-0.39, 0.29) is 6.04 Å². The van der Waals surface area contributed by atoms with Crippen molar-refractivity contribution in [2.75, 3.05) is 0 Å². The molecule has 0 heterocycles. The second-order valence-electron chi connectivity index (χ2n) is 4.79. The summed E-state index contributed by atoms with van der Waals surface area (Å²) in [6, 6.07) is 8.33. The molecule has 0 aliphatic heterocycles. The molecule has 1 nitrogen and oxygen atoms in total. The second kappa shape index (κ2) is 5.00. The summed E-state index contributed by atoms with van der Waals surface area (Å²) in [6.45, 7) is 0. The predicted molar refractivity (Wildman–Crippen MR) is 73.1 cm³/mol. The van der Waals surface area contributed by atoms with E-state index >= 15 is 0 Å². The van der Waals surface area contributed by atoms with Crippen LogP contribution in [0.5, 0.6) is 0 Å². The highest BCUT2D eigenvalue weighted by Gasteiger charge is 2.34. The molecular weight excluding hydrogens is 316 g/mol. The molecular formula is C13H17FIN. The first kappa shape index (κ1) is 12.3. The summed E-state index contributed by atoms with van der Waals surface area (Å²) in [6.07, 6.45) is 3.40. The molecule has 88 valence electrons. The van der Waals surface area contributed by atoms with E-state index in [0.717, 1.165) is 18.4 Å². The van der Waals surface area contributed by atoms with E-state index in [0.29, 0.717) is 19.3 Å². The Hall–Kier alpha value is -0.160. The number of hydrogen-bond donors (Lipinski definition) is 1. The zero-order chi connectivity index (χ0) is 11.6. The molecule has 2 N–H and O–H groups in total. The zero-order valence-electron chi connectivity index (χ0n) is 9.26. The van der Waals surface area contributed by atoms with Gasteiger partial charge in [-0.2, -0.15) is 0 Å². The third-order valence-corrected chi connectivity index (χ3v) is 4.08. The third-order valence-electron chi connectivity index (χ3n) is 3.36. The van der Waals surface area contributed by atoms with Gasteiger partial charge in [-0.25, -0.2) is 4.39 Å². The van der Waals surface area contributed by atoms with E-state index < -0.39 is 5.67 Å². The number of hydrogen-bond acceptors (Lipinski definition) is 1. The lowest BCUT2D eigenvalue weighted by Gasteiger charge is -2.32. The maximum absolute atomic E-state index is 14.5. The molecule has 0 radical (unpaired) electrons. The summed E-state index contributed by atoms with van der Waals surface area (Å²) in [7, 11) is 0. The molecule has 1 aliphatic carbocycles. The predicted octanol–water partition coefficient (Wildman–Crippen LogP) is 3.44. The van der Waals surface area contributed by atoms with Gasteiger partial charge >= 0.3 is 0 Å². The van der Waals surface area contributed by atoms with Crippen molar-refractivity contribution in [3.8, 4) is 0 Å². The standard InChI is InChI=1S/C13H17FIN/c14-13(7-5-12(16)6-8-13)9-10-1-3-11(15)4-2-10/h1-4,12H,5-9,16H2. The fraction of sp³-hybridized carbons (Fsp3) is 0.538. The van der Waals surface area contributed by atoms with E-state index in [1.807, 2.05) is 24.3 Å². The van der Waals surface area contributed by atoms with Crippen LogP contribution in [0.25, 0.3) is 0 Å². The van der Waals surface area contributed by atoms with Crippen LogP contribution in [0, 0.1) is 3.57 Å². The lowest BCUT2D eigenvalue weighted by atomic mass is 9.80. The Morgan fingerprint density at radius 3 is 2.38 bits per heavy atom. The van der Waals surface area contributed by atoms with Gasteiger partial charge in [-0.15, -0.1) is 0 Å². The van der Waals surface area contributed by atoms with E-state index in [1.165, 1.54) is 3.57 Å². The maximum atomic E-state index is 14.5. The van der Waals surface area contributed by atoms with Gasteiger partial charge in [0.25, 0.3) is 0 Å². The van der Waals surface area contributed by atoms with Gasteiger partial charge in [-0.1, -0.05) is 12.1 Å². The minimum absolute atomic E-state index is 0.209. The summed E-state index contributed by atoms with van der Waals surface area (Å²) >= 11 is 2.26. The number of rotatable bonds is 2. The molecule has 0 aromatic heterocycles. The van der Waals surface area contributed by atoms with Gasteiger partial charge in [0.05, 0.1) is 0 Å². The van der Waals surface area contributed by atoms with E-state index in [4.69, 9.17) is 5.73 Å². The lowest BCUT2D eigenvalue weighted by molar-refractivity contribution is 0.0995. The van der Waals surface area contributed by atoms with Gasteiger partial charge in [0.2, 0.25) is 0 Å². The van der Waals surface area contributed by atoms with Crippen LogP contribution >= 0.6 is 22.6 Å². The monoisotopic (exact) mass is 333 g/mol. The Kier molecular flexibility index (Phi) is 3.85. The highest BCUT2D eigenvalue weighted by Crippen LogP contribution is 2.34. The lowest BCUT2D eigenvalue weighted by Crippen LogP contribution is -2.37. The minimum atomic E-state index is -1.03. The summed E-state index contributed by atoms with van der Waals surface area (Å²) in [4.78, 5) is 0. The molecule has 0 atom stereocenters. The van der Waals surface area contributed by atoms with E-state index in [9.17, 15) is 4.39 Å². The first-order chi connectivity index (χ1) is 7.57. The summed E-state index contributed by atoms with van der Waals surface area (Å²) < 4.78 is 15.7. The van der Waals surface area contributed by atoms with Gasteiger partial charge in [-0.3, -0.25) is 0 Å². The summed E-state index contributed by atoms with van der Waals surface area (Å²) in [5.41, 5.74) is 5.87. The molecule has 0 bridgehead atoms. The Labute approximate surface area is 110 Å². The molecule has 1 fully saturated rings. The quantitative estimate of drug-likeness (QED) is 0.825. The van der Waals surface area contributed by atoms with Gasteiger partial charge < -0.3 is 5.73 Å². The van der Waals surface area contributed by atoms with Crippen LogP contribution in [0.4, 0.5) is 4.39 Å². The fourth-order valence-corrected chi connectivity index (χ4v) is 2.66. The van der Waals surface area contributed by atoms with Crippen molar-refractivity contribution in [3.05, 3.63) is 33.4 Å². The van der Waals surface area contributed by atoms with Crippen LogP contribution in [0.2, 0.25) is 0 Å². The molecule has 16 heavy (non-hydrogen) atoms. The number of benzene rings is 1. The molecule has 2 rings (SSSR count). The van der Waals surface area contributed by atoms with Crippen molar-refractivity contribution in [3.63, 3.8) is 0 Å². The third kappa shape index (κ3) is 3.17. The Bertz CT molecular complexity index is 341. The van der Waals surface area contributed by atoms with Crippen molar-refractivity contribution in [1.82, 2.24) is 0 Å². The Morgan fingerprint density at radius 1 is 1.25 bits per heavy atom. The molecule has 0 spiro atoms. The van der Waals surface area contributed by atoms with Crippen molar-refractivity contribution >= 4 is 22.6 Å². The Balaban J connectivity index is 2.00. The smallest absolute Gasteiger partial charge is 0.115 e. The van der Waals surface area contributed by atoms with E-state index in [1.54, 1.807) is 0 Å². The van der Waals surface area contributed by atoms with Crippen molar-refractivity contribution in [2.45, 2.75) is 43.8 Å². The van der Waals surface area contributed by atoms with Crippen molar-refractivity contribution in [2.24, 2.45) is 5.73 Å². The van der Waals surface area contributed by atoms with Gasteiger partial charge in [-0.05, 0) is 66.0 Å². The summed E-state index contributed by atoms with van der Waals surface area (Å²) in [5, 5.41) is 0. The van der Waals surface area contributed by atoms with E-state index in [2.05, 4.69) is 22.6 Å². The molecule has 1 aromatic carbocycles. The van der Waals surface area contributed by atoms with Crippen LogP contribution < -0.4 is 5.73 Å². The molecule has 1 saturated carbocycles. The molecule has 0 saturated heterocycles. The molecule has 3 heteroatoms. The SMILES string of the molecule is NC1CCC(F)(Cc2ccc(I)cc2)CC1. The zero-order valence-corrected chi connectivity index (χ0v) is 11.4. The second-order valence-corrected chi connectivity index (χ2v) is 6.04. The van der Waals surface area contributed by atoms with Gasteiger partial charge in [0.15, 0.2) is 0 Å². The number of nitrogens with two attached hydrogens (primary N) is 1. The average Bonchev–Trinajstić information content (AvgIpc) is 2.27. The summed E-state index contributed by atoms with van der Waals surface area (Å²) in [5.74, 6) is 0. The van der Waals surface area contributed by atoms with Gasteiger partial charge in [0.1, 0.15) is 5.67 Å². The van der Waals surface area contributed by atoms with Crippen LogP contribution in [-0.4, -0.2) is 11.7 Å². The highest BCUT2D eigenvalue weighted by molar-refractivity contribution is 14.1. The Morgan fingerprint density at radius 2 is 1.81 bits per heavy atom. The topological polar surface area (TPSA) is 26.0 Å². The van der Waals surface area contributed by atoms with Gasteiger partial charge in [0, 0.05) is 16.0 Å². The van der Waals surface area contributed by atoms with Crippen LogP contribution in [0.1, 0.15) is 31.2 Å². The first-order valence-corrected chi connectivity index (χ1v) is 6.84. The van der Waals surface area contributed by atoms with Crippen molar-refractivity contribution in [1.29, 1.82) is 0 Å². The normalized spacial score (nSPS) is 30.3. The fourth-order valence-electron chi connectivity index (χ4n) is 2.30. The van der Waals surface area contributed by atoms with Crippen LogP contribution in [-0.2, 0) is 6.42 Å². The van der Waals surface area contributed by atoms with Crippen LogP contribution in [0.15, 0.2) is 24.3 Å². The largest absolute Gasteiger partial charge is 0.328 e. The first-order valence-electron chi connectivity index (χ1n) is 5.76. The number of alkyl halides is 1. The van der Waals surface area contributed by atoms with Crippen LogP contribution in [0.3, 0.4) is 0 Å². The molecule has 0 unspecified atom stereocenters. The molecule has 1 aromatic rings. The highest BCUT2D eigenvalue weighted by atomic mass is 127. The maximum Gasteiger partial charge on any atom is 0.115 e. The molecule has 0 amide bonds. The number of halogens is 2. The van der Waals surface area contributed by atoms with Crippen molar-refractivity contribution < 1.29 is 4.39 Å². The average molecular weight is 333 g/mol. The molecule has 1 aliphatic rings. The minimum Gasteiger partial charge on any atom is -0.328 e.